The van der Waals surface area contributed by atoms with Gasteiger partial charge in [-0.2, -0.15) is 5.10 Å². The third-order valence-electron chi connectivity index (χ3n) is 6.35. The third-order valence-corrected chi connectivity index (χ3v) is 6.64. The molecule has 12 heteroatoms. The molecule has 38 heavy (non-hydrogen) atoms. The zero-order chi connectivity index (χ0) is 27.6. The minimum Gasteiger partial charge on any atom is -0.364 e. The van der Waals surface area contributed by atoms with E-state index in [1.165, 1.54) is 21.7 Å². The number of hydrogen-bond donors (Lipinski definition) is 3. The molecule has 10 nitrogen and oxygen atoms in total. The number of rotatable bonds is 11. The van der Waals surface area contributed by atoms with E-state index in [1.54, 1.807) is 31.2 Å². The molecule has 3 amide bonds. The van der Waals surface area contributed by atoms with Crippen LogP contribution in [0.15, 0.2) is 36.4 Å². The van der Waals surface area contributed by atoms with Gasteiger partial charge in [0.2, 0.25) is 11.8 Å². The summed E-state index contributed by atoms with van der Waals surface area (Å²) in [6, 6.07) is 8.81. The molecule has 200 valence electrons. The molecule has 1 aliphatic rings. The lowest BCUT2D eigenvalue weighted by molar-refractivity contribution is -0.137. The van der Waals surface area contributed by atoms with E-state index in [0.29, 0.717) is 16.5 Å². The number of carbonyl (C=O) groups is 4. The topological polar surface area (TPSA) is 153 Å². The van der Waals surface area contributed by atoms with Gasteiger partial charge in [0.15, 0.2) is 11.5 Å². The molecule has 5 N–H and O–H groups in total. The van der Waals surface area contributed by atoms with Crippen LogP contribution in [0.4, 0.5) is 4.39 Å². The number of hydrogen-bond acceptors (Lipinski definition) is 6. The molecule has 0 saturated heterocycles. The number of nitrogens with zero attached hydrogens (tertiary/aromatic N) is 3. The predicted octanol–water partition coefficient (Wildman–Crippen LogP) is 1.69. The third kappa shape index (κ3) is 6.17. The highest BCUT2D eigenvalue weighted by atomic mass is 35.5. The summed E-state index contributed by atoms with van der Waals surface area (Å²) in [5.41, 5.74) is 12.5. The van der Waals surface area contributed by atoms with Crippen LogP contribution >= 0.6 is 11.6 Å². The monoisotopic (exact) mass is 542 g/mol. The fraction of sp³-hybridized carbons (Fsp3) is 0.346. The Hall–Kier alpha value is -3.83. The van der Waals surface area contributed by atoms with E-state index in [9.17, 15) is 23.6 Å². The average molecular weight is 543 g/mol. The number of benzene rings is 2. The minimum absolute atomic E-state index is 0.0258. The van der Waals surface area contributed by atoms with Gasteiger partial charge in [0, 0.05) is 30.0 Å². The molecule has 1 aliphatic carbocycles. The molecule has 0 spiro atoms. The molecule has 0 aliphatic heterocycles. The van der Waals surface area contributed by atoms with Crippen LogP contribution in [0.1, 0.15) is 41.4 Å². The largest absolute Gasteiger partial charge is 0.364 e. The van der Waals surface area contributed by atoms with Crippen molar-refractivity contribution in [3.05, 3.63) is 64.1 Å². The van der Waals surface area contributed by atoms with Gasteiger partial charge < -0.3 is 21.7 Å². The summed E-state index contributed by atoms with van der Waals surface area (Å²) in [4.78, 5) is 51.4. The zero-order valence-electron chi connectivity index (χ0n) is 20.7. The molecule has 1 aromatic heterocycles. The number of fused-ring (bicyclic) bond motifs is 1. The number of carbonyl (C=O) groups excluding carboxylic acids is 4. The van der Waals surface area contributed by atoms with Crippen molar-refractivity contribution in [1.29, 1.82) is 0 Å². The van der Waals surface area contributed by atoms with Crippen molar-refractivity contribution in [2.24, 2.45) is 11.5 Å². The first-order chi connectivity index (χ1) is 18.0. The molecular formula is C26H28ClFN6O4. The van der Waals surface area contributed by atoms with Gasteiger partial charge in [-0.25, -0.2) is 4.39 Å². The van der Waals surface area contributed by atoms with E-state index in [0.717, 1.165) is 12.8 Å². The van der Waals surface area contributed by atoms with Crippen LogP contribution in [-0.4, -0.2) is 56.8 Å². The van der Waals surface area contributed by atoms with Crippen molar-refractivity contribution in [3.63, 3.8) is 0 Å². The van der Waals surface area contributed by atoms with Crippen molar-refractivity contribution in [2.45, 2.75) is 51.4 Å². The zero-order valence-corrected chi connectivity index (χ0v) is 21.5. The summed E-state index contributed by atoms with van der Waals surface area (Å²) in [6.45, 7) is 1.09. The first-order valence-corrected chi connectivity index (χ1v) is 12.5. The highest BCUT2D eigenvalue weighted by Crippen LogP contribution is 2.28. The number of ketones is 1. The van der Waals surface area contributed by atoms with Crippen LogP contribution in [0.2, 0.25) is 5.02 Å². The maximum absolute atomic E-state index is 14.1. The van der Waals surface area contributed by atoms with Crippen LogP contribution in [0.25, 0.3) is 10.9 Å². The van der Waals surface area contributed by atoms with Crippen molar-refractivity contribution >= 4 is 46.0 Å². The highest BCUT2D eigenvalue weighted by Gasteiger charge is 2.34. The standard InChI is InChI=1S/C26H28ClFN6O4/c1-14(29)21(35)10-15-5-8-20-18(9-15)25(26(30)38)32-34(20)13-23(37)33(17-6-7-17)12-22(36)31-11-16-3-2-4-19(27)24(16)28/h2-5,8-9,14,17H,6-7,10-13,29H2,1H3,(H2,30,38)(H,31,36). The van der Waals surface area contributed by atoms with E-state index in [-0.39, 0.29) is 60.1 Å². The molecule has 1 atom stereocenters. The highest BCUT2D eigenvalue weighted by molar-refractivity contribution is 6.30. The van der Waals surface area contributed by atoms with E-state index >= 15 is 0 Å². The molecule has 2 aromatic carbocycles. The molecule has 0 radical (unpaired) electrons. The van der Waals surface area contributed by atoms with Gasteiger partial charge in [-0.05, 0) is 43.5 Å². The van der Waals surface area contributed by atoms with Crippen LogP contribution < -0.4 is 16.8 Å². The molecular weight excluding hydrogens is 515 g/mol. The Morgan fingerprint density at radius 2 is 1.97 bits per heavy atom. The molecule has 4 rings (SSSR count). The summed E-state index contributed by atoms with van der Waals surface area (Å²) in [6.07, 6.45) is 1.59. The molecule has 1 saturated carbocycles. The fourth-order valence-corrected chi connectivity index (χ4v) is 4.31. The number of Topliss-reactive ketones (excluding diaryl/α,β-unsaturated/α-hetero) is 1. The van der Waals surface area contributed by atoms with Gasteiger partial charge in [0.25, 0.3) is 5.91 Å². The van der Waals surface area contributed by atoms with E-state index in [1.807, 2.05) is 0 Å². The van der Waals surface area contributed by atoms with E-state index in [4.69, 9.17) is 23.1 Å². The van der Waals surface area contributed by atoms with Crippen LogP contribution in [0, 0.1) is 5.82 Å². The van der Waals surface area contributed by atoms with Crippen LogP contribution in [-0.2, 0) is 33.9 Å². The lowest BCUT2D eigenvalue weighted by Gasteiger charge is -2.22. The Labute approximate surface area is 223 Å². The second-order valence-electron chi connectivity index (χ2n) is 9.40. The smallest absolute Gasteiger partial charge is 0.269 e. The first-order valence-electron chi connectivity index (χ1n) is 12.1. The predicted molar refractivity (Wildman–Crippen MR) is 139 cm³/mol. The van der Waals surface area contributed by atoms with Crippen LogP contribution in [0.5, 0.6) is 0 Å². The van der Waals surface area contributed by atoms with E-state index in [2.05, 4.69) is 10.4 Å². The maximum Gasteiger partial charge on any atom is 0.269 e. The van der Waals surface area contributed by atoms with Crippen molar-refractivity contribution in [1.82, 2.24) is 20.0 Å². The Morgan fingerprint density at radius 1 is 1.24 bits per heavy atom. The fourth-order valence-electron chi connectivity index (χ4n) is 4.12. The Morgan fingerprint density at radius 3 is 2.63 bits per heavy atom. The van der Waals surface area contributed by atoms with Crippen molar-refractivity contribution < 1.29 is 23.6 Å². The Bertz CT molecular complexity index is 1420. The lowest BCUT2D eigenvalue weighted by Crippen LogP contribution is -2.43. The number of primary amides is 1. The number of halogens is 2. The summed E-state index contributed by atoms with van der Waals surface area (Å²) in [7, 11) is 0. The van der Waals surface area contributed by atoms with Gasteiger partial charge in [0.05, 0.1) is 23.1 Å². The van der Waals surface area contributed by atoms with Crippen molar-refractivity contribution in [3.8, 4) is 0 Å². The second-order valence-corrected chi connectivity index (χ2v) is 9.80. The van der Waals surface area contributed by atoms with Gasteiger partial charge >= 0.3 is 0 Å². The number of amides is 3. The summed E-state index contributed by atoms with van der Waals surface area (Å²) >= 11 is 5.79. The quantitative estimate of drug-likeness (QED) is 0.335. The summed E-state index contributed by atoms with van der Waals surface area (Å²) in [5.74, 6) is -2.36. The summed E-state index contributed by atoms with van der Waals surface area (Å²) in [5, 5.41) is 7.25. The SMILES string of the molecule is CC(N)C(=O)Cc1ccc2c(c1)c(C(N)=O)nn2CC(=O)N(CC(=O)NCc1cccc(Cl)c1F)C1CC1. The average Bonchev–Trinajstić information content (AvgIpc) is 3.65. The normalized spacial score (nSPS) is 13.8. The second kappa shape index (κ2) is 11.3. The Kier molecular flexibility index (Phi) is 8.08. The molecule has 1 heterocycles. The van der Waals surface area contributed by atoms with Gasteiger partial charge in [-0.3, -0.25) is 23.9 Å². The molecule has 1 unspecified atom stereocenters. The van der Waals surface area contributed by atoms with Crippen molar-refractivity contribution in [2.75, 3.05) is 6.54 Å². The van der Waals surface area contributed by atoms with Gasteiger partial charge in [-0.1, -0.05) is 29.8 Å². The number of nitrogens with two attached hydrogens (primary N) is 2. The summed E-state index contributed by atoms with van der Waals surface area (Å²) < 4.78 is 15.5. The molecule has 1 fully saturated rings. The molecule has 0 bridgehead atoms. The number of aromatic nitrogens is 2. The van der Waals surface area contributed by atoms with E-state index < -0.39 is 23.7 Å². The van der Waals surface area contributed by atoms with Crippen LogP contribution in [0.3, 0.4) is 0 Å². The Balaban J connectivity index is 1.49. The number of nitrogens with one attached hydrogen (secondary N) is 1. The maximum atomic E-state index is 14.1. The lowest BCUT2D eigenvalue weighted by atomic mass is 10.0. The van der Waals surface area contributed by atoms with Gasteiger partial charge in [0.1, 0.15) is 12.4 Å². The first kappa shape index (κ1) is 27.2. The van der Waals surface area contributed by atoms with Gasteiger partial charge in [-0.15, -0.1) is 0 Å². The molecule has 3 aromatic rings. The minimum atomic E-state index is -0.774.